The van der Waals surface area contributed by atoms with E-state index in [0.717, 1.165) is 21.6 Å². The maximum absolute atomic E-state index is 14.4. The van der Waals surface area contributed by atoms with Gasteiger partial charge in [0.1, 0.15) is 16.4 Å². The SMILES string of the molecule is CCC(Br)C(F)(F)Oc1ccc(-c2csc(-c3nc(-c4c(F)cccc4Cl)nn3C)c2C)cc1. The highest BCUT2D eigenvalue weighted by Crippen LogP contribution is 2.39. The highest BCUT2D eigenvalue weighted by atomic mass is 79.9. The Morgan fingerprint density at radius 2 is 1.91 bits per heavy atom. The third-order valence-electron chi connectivity index (χ3n) is 5.33. The predicted molar refractivity (Wildman–Crippen MR) is 133 cm³/mol. The topological polar surface area (TPSA) is 39.9 Å². The van der Waals surface area contributed by atoms with Crippen molar-refractivity contribution in [3.05, 3.63) is 64.2 Å². The van der Waals surface area contributed by atoms with Gasteiger partial charge in [-0.3, -0.25) is 0 Å². The lowest BCUT2D eigenvalue weighted by Gasteiger charge is -2.22. The molecule has 2 aromatic heterocycles. The van der Waals surface area contributed by atoms with Crippen LogP contribution in [0.1, 0.15) is 18.9 Å². The Balaban J connectivity index is 1.63. The van der Waals surface area contributed by atoms with Crippen LogP contribution in [-0.2, 0) is 7.05 Å². The van der Waals surface area contributed by atoms with Crippen molar-refractivity contribution in [1.82, 2.24) is 14.8 Å². The van der Waals surface area contributed by atoms with E-state index in [-0.39, 0.29) is 28.6 Å². The molecular weight excluding hydrogens is 551 g/mol. The number of halogens is 5. The van der Waals surface area contributed by atoms with Crippen molar-refractivity contribution in [1.29, 1.82) is 0 Å². The fourth-order valence-electron chi connectivity index (χ4n) is 3.48. The summed E-state index contributed by atoms with van der Waals surface area (Å²) in [6.07, 6.45) is -3.08. The summed E-state index contributed by atoms with van der Waals surface area (Å²) in [7, 11) is 1.74. The average molecular weight is 571 g/mol. The molecule has 34 heavy (non-hydrogen) atoms. The zero-order chi connectivity index (χ0) is 24.6. The molecule has 0 saturated heterocycles. The first kappa shape index (κ1) is 24.8. The summed E-state index contributed by atoms with van der Waals surface area (Å²) in [6, 6.07) is 11.0. The number of rotatable bonds is 7. The van der Waals surface area contributed by atoms with Crippen LogP contribution in [0.4, 0.5) is 13.2 Å². The Kier molecular flexibility index (Phi) is 7.07. The molecule has 4 aromatic rings. The Bertz CT molecular complexity index is 1300. The molecule has 0 aliphatic rings. The summed E-state index contributed by atoms with van der Waals surface area (Å²) < 4.78 is 49.0. The van der Waals surface area contributed by atoms with Gasteiger partial charge in [-0.25, -0.2) is 14.1 Å². The van der Waals surface area contributed by atoms with Gasteiger partial charge in [0.25, 0.3) is 0 Å². The maximum atomic E-state index is 14.4. The van der Waals surface area contributed by atoms with E-state index in [0.29, 0.717) is 5.82 Å². The van der Waals surface area contributed by atoms with Gasteiger partial charge in [0, 0.05) is 7.05 Å². The molecule has 1 unspecified atom stereocenters. The Hall–Kier alpha value is -2.36. The normalized spacial score (nSPS) is 12.7. The summed E-state index contributed by atoms with van der Waals surface area (Å²) in [5.74, 6) is 0.367. The third kappa shape index (κ3) is 4.74. The van der Waals surface area contributed by atoms with Crippen molar-refractivity contribution >= 4 is 38.9 Å². The number of nitrogens with zero attached hydrogens (tertiary/aromatic N) is 3. The molecule has 0 spiro atoms. The van der Waals surface area contributed by atoms with Gasteiger partial charge in [0.2, 0.25) is 0 Å². The van der Waals surface area contributed by atoms with Crippen LogP contribution in [0.2, 0.25) is 5.02 Å². The molecule has 0 aliphatic carbocycles. The van der Waals surface area contributed by atoms with Gasteiger partial charge >= 0.3 is 6.11 Å². The van der Waals surface area contributed by atoms with E-state index >= 15 is 0 Å². The molecule has 4 rings (SSSR count). The monoisotopic (exact) mass is 569 g/mol. The van der Waals surface area contributed by atoms with Gasteiger partial charge in [-0.1, -0.05) is 52.7 Å². The van der Waals surface area contributed by atoms with Crippen LogP contribution in [-0.4, -0.2) is 25.7 Å². The Morgan fingerprint density at radius 1 is 1.21 bits per heavy atom. The van der Waals surface area contributed by atoms with Crippen molar-refractivity contribution in [2.45, 2.75) is 31.2 Å². The van der Waals surface area contributed by atoms with Gasteiger partial charge in [-0.15, -0.1) is 11.3 Å². The van der Waals surface area contributed by atoms with Crippen LogP contribution in [0, 0.1) is 12.7 Å². The first-order chi connectivity index (χ1) is 16.1. The average Bonchev–Trinajstić information content (AvgIpc) is 3.35. The number of ether oxygens (including phenoxy) is 1. The van der Waals surface area contributed by atoms with Crippen LogP contribution in [0.3, 0.4) is 0 Å². The van der Waals surface area contributed by atoms with Crippen molar-refractivity contribution < 1.29 is 17.9 Å². The largest absolute Gasteiger partial charge is 0.432 e. The van der Waals surface area contributed by atoms with Gasteiger partial charge < -0.3 is 4.74 Å². The number of alkyl halides is 3. The van der Waals surface area contributed by atoms with E-state index in [1.165, 1.54) is 35.6 Å². The second-order valence-corrected chi connectivity index (χ2v) is 10.0. The number of aryl methyl sites for hydroxylation is 1. The van der Waals surface area contributed by atoms with Crippen LogP contribution < -0.4 is 4.74 Å². The van der Waals surface area contributed by atoms with Crippen LogP contribution in [0.5, 0.6) is 5.75 Å². The maximum Gasteiger partial charge on any atom is 0.410 e. The summed E-state index contributed by atoms with van der Waals surface area (Å²) in [6.45, 7) is 3.60. The first-order valence-corrected chi connectivity index (χ1v) is 12.5. The Labute approximate surface area is 212 Å². The quantitative estimate of drug-likeness (QED) is 0.211. The van der Waals surface area contributed by atoms with Crippen LogP contribution in [0.25, 0.3) is 33.2 Å². The smallest absolute Gasteiger partial charge is 0.410 e. The zero-order valence-electron chi connectivity index (χ0n) is 18.5. The van der Waals surface area contributed by atoms with Gasteiger partial charge in [0.05, 0.1) is 15.5 Å². The van der Waals surface area contributed by atoms with Crippen molar-refractivity contribution in [3.8, 4) is 39.0 Å². The molecule has 1 atom stereocenters. The standard InChI is InChI=1S/C24H20BrClF3N3OS/c1-4-19(25)24(28,29)33-15-10-8-14(9-11-15)16-12-34-21(13(16)2)23-30-22(31-32(23)3)20-17(26)6-5-7-18(20)27/h5-12,19H,4H2,1-3H3. The number of aromatic nitrogens is 3. The lowest BCUT2D eigenvalue weighted by Crippen LogP contribution is -2.34. The molecule has 10 heteroatoms. The minimum absolute atomic E-state index is 0.0828. The van der Waals surface area contributed by atoms with Crippen molar-refractivity contribution in [3.63, 3.8) is 0 Å². The number of thiophene rings is 1. The van der Waals surface area contributed by atoms with Gasteiger partial charge in [0.15, 0.2) is 11.6 Å². The van der Waals surface area contributed by atoms with E-state index in [9.17, 15) is 13.2 Å². The van der Waals surface area contributed by atoms with Gasteiger partial charge in [-0.2, -0.15) is 13.9 Å². The molecule has 4 nitrogen and oxygen atoms in total. The highest BCUT2D eigenvalue weighted by Gasteiger charge is 2.39. The van der Waals surface area contributed by atoms with Crippen molar-refractivity contribution in [2.24, 2.45) is 7.05 Å². The van der Waals surface area contributed by atoms with E-state index in [4.69, 9.17) is 16.3 Å². The van der Waals surface area contributed by atoms with Gasteiger partial charge in [-0.05, 0) is 59.7 Å². The van der Waals surface area contributed by atoms with Crippen LogP contribution in [0.15, 0.2) is 47.8 Å². The molecule has 0 radical (unpaired) electrons. The summed E-state index contributed by atoms with van der Waals surface area (Å²) in [5.41, 5.74) is 2.87. The number of benzene rings is 2. The molecule has 2 aromatic carbocycles. The van der Waals surface area contributed by atoms with E-state index in [1.807, 2.05) is 12.3 Å². The molecule has 2 heterocycles. The molecule has 0 aliphatic heterocycles. The second-order valence-electron chi connectivity index (χ2n) is 7.65. The molecule has 0 amide bonds. The van der Waals surface area contributed by atoms with E-state index in [2.05, 4.69) is 26.0 Å². The van der Waals surface area contributed by atoms with Crippen LogP contribution >= 0.6 is 38.9 Å². The fraction of sp³-hybridized carbons (Fsp3) is 0.250. The summed E-state index contributed by atoms with van der Waals surface area (Å²) in [4.78, 5) is 4.34. The number of hydrogen-bond acceptors (Lipinski definition) is 4. The molecule has 0 fully saturated rings. The molecule has 0 N–H and O–H groups in total. The lowest BCUT2D eigenvalue weighted by atomic mass is 10.0. The fourth-order valence-corrected chi connectivity index (χ4v) is 4.94. The number of hydrogen-bond donors (Lipinski definition) is 0. The summed E-state index contributed by atoms with van der Waals surface area (Å²) in [5, 5.41) is 6.56. The van der Waals surface area contributed by atoms with Crippen molar-refractivity contribution in [2.75, 3.05) is 0 Å². The first-order valence-electron chi connectivity index (χ1n) is 10.4. The lowest BCUT2D eigenvalue weighted by molar-refractivity contribution is -0.174. The second kappa shape index (κ2) is 9.71. The molecular formula is C24H20BrClF3N3OS. The minimum Gasteiger partial charge on any atom is -0.432 e. The molecule has 0 saturated carbocycles. The van der Waals surface area contributed by atoms with E-state index < -0.39 is 16.8 Å². The zero-order valence-corrected chi connectivity index (χ0v) is 21.6. The molecule has 0 bridgehead atoms. The summed E-state index contributed by atoms with van der Waals surface area (Å²) >= 11 is 10.6. The third-order valence-corrected chi connectivity index (χ3v) is 7.91. The molecule has 178 valence electrons. The Morgan fingerprint density at radius 3 is 2.56 bits per heavy atom. The predicted octanol–water partition coefficient (Wildman–Crippen LogP) is 8.12. The minimum atomic E-state index is -3.31. The van der Waals surface area contributed by atoms with E-state index in [1.54, 1.807) is 36.9 Å². The highest BCUT2D eigenvalue weighted by molar-refractivity contribution is 9.09.